The number of piperidine rings is 1. The lowest BCUT2D eigenvalue weighted by molar-refractivity contribution is -0.150. The highest BCUT2D eigenvalue weighted by Crippen LogP contribution is 2.24. The summed E-state index contributed by atoms with van der Waals surface area (Å²) < 4.78 is 16.9. The second kappa shape index (κ2) is 10.1. The first-order valence-corrected chi connectivity index (χ1v) is 8.82. The number of hydrogen-bond donors (Lipinski definition) is 1. The third-order valence-electron chi connectivity index (χ3n) is 4.91. The Morgan fingerprint density at radius 1 is 1.12 bits per heavy atom. The molecular formula is C19H32N2O3. The lowest BCUT2D eigenvalue weighted by Gasteiger charge is -2.41. The molecule has 1 N–H and O–H groups in total. The van der Waals surface area contributed by atoms with Gasteiger partial charge in [0.25, 0.3) is 0 Å². The van der Waals surface area contributed by atoms with E-state index in [0.717, 1.165) is 25.9 Å². The molecule has 1 aromatic rings. The van der Waals surface area contributed by atoms with Crippen LogP contribution < -0.4 is 5.32 Å². The molecule has 1 fully saturated rings. The molecule has 1 aromatic carbocycles. The Hall–Kier alpha value is -0.980. The molecule has 136 valence electrons. The van der Waals surface area contributed by atoms with Crippen molar-refractivity contribution in [1.82, 2.24) is 10.2 Å². The first-order valence-electron chi connectivity index (χ1n) is 8.82. The second-order valence-corrected chi connectivity index (χ2v) is 6.45. The molecule has 1 unspecified atom stereocenters. The van der Waals surface area contributed by atoms with Gasteiger partial charge in [-0.25, -0.2) is 0 Å². The van der Waals surface area contributed by atoms with Crippen molar-refractivity contribution < 1.29 is 14.2 Å². The van der Waals surface area contributed by atoms with Crippen molar-refractivity contribution >= 4 is 0 Å². The molecule has 24 heavy (non-hydrogen) atoms. The van der Waals surface area contributed by atoms with E-state index in [4.69, 9.17) is 14.2 Å². The van der Waals surface area contributed by atoms with E-state index in [0.29, 0.717) is 12.5 Å². The van der Waals surface area contributed by atoms with Crippen LogP contribution in [0.3, 0.4) is 0 Å². The molecule has 1 saturated heterocycles. The molecule has 0 spiro atoms. The molecule has 1 aliphatic heterocycles. The van der Waals surface area contributed by atoms with E-state index in [1.165, 1.54) is 5.56 Å². The monoisotopic (exact) mass is 336 g/mol. The van der Waals surface area contributed by atoms with Crippen LogP contribution >= 0.6 is 0 Å². The quantitative estimate of drug-likeness (QED) is 0.702. The molecule has 5 heteroatoms. The van der Waals surface area contributed by atoms with Crippen molar-refractivity contribution in [3.8, 4) is 0 Å². The average Bonchev–Trinajstić information content (AvgIpc) is 2.64. The Morgan fingerprint density at radius 2 is 1.75 bits per heavy atom. The van der Waals surface area contributed by atoms with Crippen LogP contribution in [0.25, 0.3) is 0 Å². The van der Waals surface area contributed by atoms with Gasteiger partial charge in [0.05, 0.1) is 18.9 Å². The Balaban J connectivity index is 1.83. The summed E-state index contributed by atoms with van der Waals surface area (Å²) in [7, 11) is 5.44. The lowest BCUT2D eigenvalue weighted by Crippen LogP contribution is -2.54. The van der Waals surface area contributed by atoms with Crippen LogP contribution in [-0.2, 0) is 20.8 Å². The van der Waals surface area contributed by atoms with Crippen LogP contribution in [0, 0.1) is 5.92 Å². The number of ether oxygens (including phenoxy) is 3. The lowest BCUT2D eigenvalue weighted by atomic mass is 9.95. The van der Waals surface area contributed by atoms with Gasteiger partial charge in [-0.3, -0.25) is 4.90 Å². The van der Waals surface area contributed by atoms with Crippen LogP contribution in [0.15, 0.2) is 30.3 Å². The number of methoxy groups -OCH3 is 2. The summed E-state index contributed by atoms with van der Waals surface area (Å²) in [5.74, 6) is 0.467. The zero-order valence-corrected chi connectivity index (χ0v) is 15.4. The van der Waals surface area contributed by atoms with E-state index in [-0.39, 0.29) is 18.6 Å². The molecule has 0 saturated carbocycles. The number of rotatable bonds is 9. The molecule has 1 heterocycles. The molecule has 2 rings (SSSR count). The molecule has 1 aliphatic rings. The summed E-state index contributed by atoms with van der Waals surface area (Å²) in [5.41, 5.74) is 1.21. The average molecular weight is 336 g/mol. The van der Waals surface area contributed by atoms with Gasteiger partial charge < -0.3 is 19.5 Å². The van der Waals surface area contributed by atoms with Gasteiger partial charge >= 0.3 is 0 Å². The third-order valence-corrected chi connectivity index (χ3v) is 4.91. The van der Waals surface area contributed by atoms with Gasteiger partial charge in [-0.2, -0.15) is 0 Å². The zero-order chi connectivity index (χ0) is 17.4. The Morgan fingerprint density at radius 3 is 2.29 bits per heavy atom. The van der Waals surface area contributed by atoms with Crippen LogP contribution in [0.1, 0.15) is 25.3 Å². The van der Waals surface area contributed by atoms with Gasteiger partial charge in [0.1, 0.15) is 0 Å². The fraction of sp³-hybridized carbons (Fsp3) is 0.684. The van der Waals surface area contributed by atoms with Gasteiger partial charge in [-0.1, -0.05) is 30.3 Å². The van der Waals surface area contributed by atoms with Crippen molar-refractivity contribution in [2.24, 2.45) is 5.92 Å². The Kier molecular flexibility index (Phi) is 8.15. The molecular weight excluding hydrogens is 304 g/mol. The fourth-order valence-corrected chi connectivity index (χ4v) is 3.56. The fourth-order valence-electron chi connectivity index (χ4n) is 3.56. The van der Waals surface area contributed by atoms with E-state index in [1.54, 1.807) is 14.2 Å². The summed E-state index contributed by atoms with van der Waals surface area (Å²) >= 11 is 0. The Labute approximate surface area is 146 Å². The molecule has 0 aliphatic carbocycles. The second-order valence-electron chi connectivity index (χ2n) is 6.45. The van der Waals surface area contributed by atoms with Crippen LogP contribution in [0.2, 0.25) is 0 Å². The van der Waals surface area contributed by atoms with Crippen molar-refractivity contribution in [2.75, 3.05) is 34.4 Å². The number of benzene rings is 1. The van der Waals surface area contributed by atoms with Gasteiger partial charge in [0, 0.05) is 33.2 Å². The SMILES string of the molecule is CNC([C@H](C)OCc1ccccc1)N1CCC(C(OC)OC)CC1. The van der Waals surface area contributed by atoms with Crippen molar-refractivity contribution in [2.45, 2.75) is 44.9 Å². The van der Waals surface area contributed by atoms with Crippen molar-refractivity contribution in [1.29, 1.82) is 0 Å². The van der Waals surface area contributed by atoms with E-state index in [9.17, 15) is 0 Å². The molecule has 0 radical (unpaired) electrons. The highest BCUT2D eigenvalue weighted by molar-refractivity contribution is 5.13. The highest BCUT2D eigenvalue weighted by Gasteiger charge is 2.31. The van der Waals surface area contributed by atoms with Crippen molar-refractivity contribution in [3.63, 3.8) is 0 Å². The topological polar surface area (TPSA) is 43.0 Å². The van der Waals surface area contributed by atoms with E-state index >= 15 is 0 Å². The Bertz CT molecular complexity index is 445. The summed E-state index contributed by atoms with van der Waals surface area (Å²) in [4.78, 5) is 2.47. The number of likely N-dealkylation sites (tertiary alicyclic amines) is 1. The first-order chi connectivity index (χ1) is 11.7. The van der Waals surface area contributed by atoms with Gasteiger partial charge in [0.2, 0.25) is 0 Å². The van der Waals surface area contributed by atoms with Crippen LogP contribution in [0.4, 0.5) is 0 Å². The predicted molar refractivity (Wildman–Crippen MR) is 95.6 cm³/mol. The summed E-state index contributed by atoms with van der Waals surface area (Å²) in [6, 6.07) is 10.3. The van der Waals surface area contributed by atoms with Gasteiger partial charge in [-0.05, 0) is 32.4 Å². The van der Waals surface area contributed by atoms with Crippen LogP contribution in [0.5, 0.6) is 0 Å². The molecule has 0 bridgehead atoms. The smallest absolute Gasteiger partial charge is 0.159 e. The maximum Gasteiger partial charge on any atom is 0.159 e. The number of nitrogens with one attached hydrogen (secondary N) is 1. The standard InChI is InChI=1S/C19H32N2O3/c1-15(24-14-16-8-6-5-7-9-16)18(20-2)21-12-10-17(11-13-21)19(22-3)23-4/h5-9,15,17-20H,10-14H2,1-4H3/t15-,18?/m0/s1. The minimum absolute atomic E-state index is 0.0908. The highest BCUT2D eigenvalue weighted by atomic mass is 16.7. The largest absolute Gasteiger partial charge is 0.371 e. The van der Waals surface area contributed by atoms with E-state index in [2.05, 4.69) is 29.3 Å². The van der Waals surface area contributed by atoms with Crippen LogP contribution in [-0.4, -0.2) is 57.8 Å². The minimum Gasteiger partial charge on any atom is -0.371 e. The maximum absolute atomic E-state index is 6.10. The molecule has 0 aromatic heterocycles. The first kappa shape index (κ1) is 19.3. The predicted octanol–water partition coefficient (Wildman–Crippen LogP) is 2.47. The molecule has 0 amide bonds. The molecule has 5 nitrogen and oxygen atoms in total. The molecule has 2 atom stereocenters. The van der Waals surface area contributed by atoms with Crippen molar-refractivity contribution in [3.05, 3.63) is 35.9 Å². The minimum atomic E-state index is -0.0908. The zero-order valence-electron chi connectivity index (χ0n) is 15.4. The normalized spacial score (nSPS) is 19.5. The van der Waals surface area contributed by atoms with E-state index < -0.39 is 0 Å². The summed E-state index contributed by atoms with van der Waals surface area (Å²) in [6.07, 6.45) is 2.41. The maximum atomic E-state index is 6.10. The number of hydrogen-bond acceptors (Lipinski definition) is 5. The third kappa shape index (κ3) is 5.26. The van der Waals surface area contributed by atoms with Gasteiger partial charge in [-0.15, -0.1) is 0 Å². The number of likely N-dealkylation sites (N-methyl/N-ethyl adjacent to an activating group) is 1. The van der Waals surface area contributed by atoms with E-state index in [1.807, 2.05) is 25.2 Å². The van der Waals surface area contributed by atoms with Gasteiger partial charge in [0.15, 0.2) is 6.29 Å². The number of nitrogens with zero attached hydrogens (tertiary/aromatic N) is 1. The summed E-state index contributed by atoms with van der Waals surface area (Å²) in [6.45, 7) is 4.84. The summed E-state index contributed by atoms with van der Waals surface area (Å²) in [5, 5.41) is 3.42.